The molecule has 7 nitrogen and oxygen atoms in total. The standard InChI is InChI=1S/C19H19FN4O3S/c20-14-2-1-3-16(10-14)27-13-18(26)23-6-4-22(5-7-23)12-15-11-17(25)24-8-9-28-19(24)21-15/h1-3,8-11H,4-7,12-13H2. The number of ether oxygens (including phenoxy) is 1. The van der Waals surface area contributed by atoms with Crippen LogP contribution >= 0.6 is 11.3 Å². The van der Waals surface area contributed by atoms with Gasteiger partial charge in [-0.2, -0.15) is 0 Å². The lowest BCUT2D eigenvalue weighted by atomic mass is 10.2. The van der Waals surface area contributed by atoms with Gasteiger partial charge in [-0.1, -0.05) is 6.07 Å². The van der Waals surface area contributed by atoms with Crippen molar-refractivity contribution in [3.8, 4) is 5.75 Å². The first-order chi connectivity index (χ1) is 13.6. The minimum absolute atomic E-state index is 0.0791. The molecular formula is C19H19FN4O3S. The van der Waals surface area contributed by atoms with Crippen LogP contribution in [0.5, 0.6) is 5.75 Å². The van der Waals surface area contributed by atoms with E-state index in [2.05, 4.69) is 9.88 Å². The van der Waals surface area contributed by atoms with E-state index in [1.165, 1.54) is 27.9 Å². The first-order valence-electron chi connectivity index (χ1n) is 8.93. The lowest BCUT2D eigenvalue weighted by Crippen LogP contribution is -2.49. The highest BCUT2D eigenvalue weighted by atomic mass is 32.1. The predicted molar refractivity (Wildman–Crippen MR) is 103 cm³/mol. The second-order valence-corrected chi connectivity index (χ2v) is 7.42. The average molecular weight is 402 g/mol. The maximum atomic E-state index is 13.2. The molecule has 1 saturated heterocycles. The fraction of sp³-hybridized carbons (Fsp3) is 0.316. The summed E-state index contributed by atoms with van der Waals surface area (Å²) in [6, 6.07) is 7.30. The third kappa shape index (κ3) is 4.20. The van der Waals surface area contributed by atoms with Crippen molar-refractivity contribution in [2.45, 2.75) is 6.54 Å². The number of nitrogens with zero attached hydrogens (tertiary/aromatic N) is 4. The number of rotatable bonds is 5. The molecule has 1 aliphatic rings. The Morgan fingerprint density at radius 3 is 2.82 bits per heavy atom. The van der Waals surface area contributed by atoms with Gasteiger partial charge in [-0.05, 0) is 12.1 Å². The average Bonchev–Trinajstić information content (AvgIpc) is 3.16. The van der Waals surface area contributed by atoms with Gasteiger partial charge in [0.1, 0.15) is 11.6 Å². The van der Waals surface area contributed by atoms with Crippen molar-refractivity contribution >= 4 is 22.2 Å². The Hall–Kier alpha value is -2.78. The van der Waals surface area contributed by atoms with Crippen LogP contribution in [0, 0.1) is 5.82 Å². The fourth-order valence-corrected chi connectivity index (χ4v) is 3.89. The van der Waals surface area contributed by atoms with Gasteiger partial charge in [0.15, 0.2) is 11.6 Å². The van der Waals surface area contributed by atoms with Crippen molar-refractivity contribution in [2.75, 3.05) is 32.8 Å². The molecule has 2 aromatic heterocycles. The van der Waals surface area contributed by atoms with Crippen LogP contribution in [0.15, 0.2) is 46.7 Å². The summed E-state index contributed by atoms with van der Waals surface area (Å²) in [6.07, 6.45) is 1.72. The second-order valence-electron chi connectivity index (χ2n) is 6.54. The Labute approximate surface area is 164 Å². The number of piperazine rings is 1. The van der Waals surface area contributed by atoms with Gasteiger partial charge in [-0.3, -0.25) is 18.9 Å². The zero-order chi connectivity index (χ0) is 19.5. The number of hydrogen-bond donors (Lipinski definition) is 0. The smallest absolute Gasteiger partial charge is 0.260 e. The molecule has 1 aliphatic heterocycles. The molecular weight excluding hydrogens is 383 g/mol. The van der Waals surface area contributed by atoms with Gasteiger partial charge in [0.25, 0.3) is 11.5 Å². The van der Waals surface area contributed by atoms with Crippen molar-refractivity contribution in [3.63, 3.8) is 0 Å². The molecule has 146 valence electrons. The van der Waals surface area contributed by atoms with Crippen LogP contribution in [0.25, 0.3) is 4.96 Å². The first-order valence-corrected chi connectivity index (χ1v) is 9.81. The van der Waals surface area contributed by atoms with E-state index in [-0.39, 0.29) is 18.1 Å². The Morgan fingerprint density at radius 1 is 1.21 bits per heavy atom. The Balaban J connectivity index is 1.29. The van der Waals surface area contributed by atoms with Crippen molar-refractivity contribution < 1.29 is 13.9 Å². The quantitative estimate of drug-likeness (QED) is 0.649. The van der Waals surface area contributed by atoms with Crippen LogP contribution < -0.4 is 10.3 Å². The number of aromatic nitrogens is 2. The van der Waals surface area contributed by atoms with E-state index in [4.69, 9.17) is 4.74 Å². The molecule has 0 radical (unpaired) electrons. The summed E-state index contributed by atoms with van der Waals surface area (Å²) in [5.41, 5.74) is 0.659. The third-order valence-electron chi connectivity index (χ3n) is 4.63. The van der Waals surface area contributed by atoms with Crippen molar-refractivity contribution in [3.05, 3.63) is 63.8 Å². The molecule has 9 heteroatoms. The molecule has 0 saturated carbocycles. The van der Waals surface area contributed by atoms with E-state index < -0.39 is 5.82 Å². The summed E-state index contributed by atoms with van der Waals surface area (Å²) in [7, 11) is 0. The molecule has 0 spiro atoms. The van der Waals surface area contributed by atoms with E-state index >= 15 is 0 Å². The molecule has 1 fully saturated rings. The van der Waals surface area contributed by atoms with Crippen LogP contribution in [0.3, 0.4) is 0 Å². The lowest BCUT2D eigenvalue weighted by Gasteiger charge is -2.34. The monoisotopic (exact) mass is 402 g/mol. The maximum absolute atomic E-state index is 13.2. The van der Waals surface area contributed by atoms with E-state index in [0.717, 1.165) is 5.69 Å². The molecule has 28 heavy (non-hydrogen) atoms. The number of fused-ring (bicyclic) bond motifs is 1. The number of benzene rings is 1. The molecule has 0 atom stereocenters. The van der Waals surface area contributed by atoms with Crippen molar-refractivity contribution in [2.24, 2.45) is 0 Å². The summed E-state index contributed by atoms with van der Waals surface area (Å²) in [5, 5.41) is 1.84. The van der Waals surface area contributed by atoms with Gasteiger partial charge in [-0.15, -0.1) is 11.3 Å². The highest BCUT2D eigenvalue weighted by Gasteiger charge is 2.22. The summed E-state index contributed by atoms with van der Waals surface area (Å²) in [5.74, 6) is -0.179. The Kier molecular flexibility index (Phi) is 5.36. The van der Waals surface area contributed by atoms with E-state index in [0.29, 0.717) is 43.4 Å². The summed E-state index contributed by atoms with van der Waals surface area (Å²) in [4.78, 5) is 33.5. The molecule has 0 N–H and O–H groups in total. The molecule has 0 unspecified atom stereocenters. The van der Waals surface area contributed by atoms with Gasteiger partial charge in [0.2, 0.25) is 0 Å². The Bertz CT molecular complexity index is 1040. The second kappa shape index (κ2) is 8.07. The number of hydrogen-bond acceptors (Lipinski definition) is 6. The number of thiazole rings is 1. The topological polar surface area (TPSA) is 67.2 Å². The number of halogens is 1. The van der Waals surface area contributed by atoms with Gasteiger partial charge in [-0.25, -0.2) is 9.37 Å². The van der Waals surface area contributed by atoms with Crippen LogP contribution in [-0.2, 0) is 11.3 Å². The lowest BCUT2D eigenvalue weighted by molar-refractivity contribution is -0.135. The van der Waals surface area contributed by atoms with Crippen LogP contribution in [0.2, 0.25) is 0 Å². The maximum Gasteiger partial charge on any atom is 0.260 e. The molecule has 1 aromatic carbocycles. The molecule has 0 bridgehead atoms. The normalized spacial score (nSPS) is 15.1. The Morgan fingerprint density at radius 2 is 2.04 bits per heavy atom. The summed E-state index contributed by atoms with van der Waals surface area (Å²) in [6.45, 7) is 2.99. The SMILES string of the molecule is O=C(COc1cccc(F)c1)N1CCN(Cc2cc(=O)n3ccsc3n2)CC1. The summed E-state index contributed by atoms with van der Waals surface area (Å²) >= 11 is 1.43. The van der Waals surface area contributed by atoms with Crippen LogP contribution in [-0.4, -0.2) is 57.9 Å². The van der Waals surface area contributed by atoms with Crippen molar-refractivity contribution in [1.82, 2.24) is 19.2 Å². The molecule has 3 heterocycles. The first kappa shape index (κ1) is 18.6. The predicted octanol–water partition coefficient (Wildman–Crippen LogP) is 1.62. The number of carbonyl (C=O) groups is 1. The van der Waals surface area contributed by atoms with E-state index in [1.807, 2.05) is 5.38 Å². The van der Waals surface area contributed by atoms with Gasteiger partial charge in [0, 0.05) is 56.4 Å². The van der Waals surface area contributed by atoms with E-state index in [9.17, 15) is 14.0 Å². The molecule has 4 rings (SSSR count). The molecule has 3 aromatic rings. The highest BCUT2D eigenvalue weighted by Crippen LogP contribution is 2.13. The van der Waals surface area contributed by atoms with Gasteiger partial charge >= 0.3 is 0 Å². The van der Waals surface area contributed by atoms with Crippen LogP contribution in [0.1, 0.15) is 5.69 Å². The number of amides is 1. The summed E-state index contributed by atoms with van der Waals surface area (Å²) < 4.78 is 20.1. The van der Waals surface area contributed by atoms with E-state index in [1.54, 1.807) is 29.3 Å². The minimum Gasteiger partial charge on any atom is -0.484 e. The third-order valence-corrected chi connectivity index (χ3v) is 5.38. The molecule has 1 amide bonds. The zero-order valence-electron chi connectivity index (χ0n) is 15.1. The van der Waals surface area contributed by atoms with Gasteiger partial charge in [0.05, 0.1) is 5.69 Å². The van der Waals surface area contributed by atoms with Crippen LogP contribution in [0.4, 0.5) is 4.39 Å². The van der Waals surface area contributed by atoms with Crippen molar-refractivity contribution in [1.29, 1.82) is 0 Å². The highest BCUT2D eigenvalue weighted by molar-refractivity contribution is 7.15. The largest absolute Gasteiger partial charge is 0.484 e. The molecule has 0 aliphatic carbocycles. The zero-order valence-corrected chi connectivity index (χ0v) is 15.9. The van der Waals surface area contributed by atoms with Gasteiger partial charge < -0.3 is 9.64 Å². The fourth-order valence-electron chi connectivity index (χ4n) is 3.15. The minimum atomic E-state index is -0.396. The number of carbonyl (C=O) groups excluding carboxylic acids is 1.